The van der Waals surface area contributed by atoms with Crippen molar-refractivity contribution in [2.45, 2.75) is 40.0 Å². The van der Waals surface area contributed by atoms with Gasteiger partial charge in [-0.05, 0) is 37.3 Å². The van der Waals surface area contributed by atoms with Crippen LogP contribution in [-0.2, 0) is 14.3 Å². The number of amides is 1. The number of benzene rings is 1. The van der Waals surface area contributed by atoms with E-state index in [-0.39, 0.29) is 5.82 Å². The van der Waals surface area contributed by atoms with Gasteiger partial charge < -0.3 is 10.1 Å². The molecule has 8 nitrogen and oxygen atoms in total. The summed E-state index contributed by atoms with van der Waals surface area (Å²) in [6.07, 6.45) is -3.89. The minimum absolute atomic E-state index is 0.0564. The van der Waals surface area contributed by atoms with Crippen LogP contribution < -0.4 is 5.32 Å². The minimum Gasteiger partial charge on any atom is -0.445 e. The molecule has 0 radical (unpaired) electrons. The fraction of sp³-hybridized carbons (Fsp3) is 0.269. The number of aryl methyl sites for hydroxylation is 1. The standard InChI is InChI=1S/C26H24F3N5O3/c1-15-7-5-8-16(13-15)20-21(34-19(33-20)9-6-11-31-34)17-10-12-30-18(14-17)32-23(35)22(25(2,3)4)37-24(36)26(27,28)29/h5-14,22H,1-4H3,(H,30,32,35). The third kappa shape index (κ3) is 5.60. The lowest BCUT2D eigenvalue weighted by atomic mass is 9.88. The molecule has 37 heavy (non-hydrogen) atoms. The lowest BCUT2D eigenvalue weighted by molar-refractivity contribution is -0.209. The van der Waals surface area contributed by atoms with Crippen LogP contribution in [0.15, 0.2) is 60.9 Å². The predicted octanol–water partition coefficient (Wildman–Crippen LogP) is 5.23. The molecule has 4 aromatic rings. The SMILES string of the molecule is Cc1cccc(-c2nc3cccnn3c2-c2ccnc(NC(=O)C(OC(=O)C(F)(F)F)C(C)(C)C)c2)c1. The molecule has 1 amide bonds. The topological polar surface area (TPSA) is 98.5 Å². The number of fused-ring (bicyclic) bond motifs is 1. The molecule has 192 valence electrons. The molecule has 11 heteroatoms. The van der Waals surface area contributed by atoms with Gasteiger partial charge in [0.1, 0.15) is 11.5 Å². The number of hydrogen-bond donors (Lipinski definition) is 1. The van der Waals surface area contributed by atoms with E-state index in [1.54, 1.807) is 28.9 Å². The van der Waals surface area contributed by atoms with Crippen molar-refractivity contribution in [3.05, 3.63) is 66.5 Å². The number of nitrogens with zero attached hydrogens (tertiary/aromatic N) is 4. The van der Waals surface area contributed by atoms with Crippen LogP contribution in [0.4, 0.5) is 19.0 Å². The number of imidazole rings is 1. The molecule has 0 bridgehead atoms. The maximum Gasteiger partial charge on any atom is 0.490 e. The van der Waals surface area contributed by atoms with E-state index in [1.807, 2.05) is 37.3 Å². The smallest absolute Gasteiger partial charge is 0.445 e. The molecule has 0 saturated carbocycles. The number of aromatic nitrogens is 4. The lowest BCUT2D eigenvalue weighted by Crippen LogP contribution is -2.44. The highest BCUT2D eigenvalue weighted by Gasteiger charge is 2.46. The van der Waals surface area contributed by atoms with Crippen molar-refractivity contribution in [2.24, 2.45) is 5.41 Å². The molecule has 1 aromatic carbocycles. The summed E-state index contributed by atoms with van der Waals surface area (Å²) in [5.41, 5.74) is 3.27. The quantitative estimate of drug-likeness (QED) is 0.369. The molecule has 0 aliphatic heterocycles. The first-order valence-corrected chi connectivity index (χ1v) is 11.3. The highest BCUT2D eigenvalue weighted by Crippen LogP contribution is 2.34. The number of alkyl halides is 3. The predicted molar refractivity (Wildman–Crippen MR) is 130 cm³/mol. The van der Waals surface area contributed by atoms with Gasteiger partial charge >= 0.3 is 12.1 Å². The zero-order valence-corrected chi connectivity index (χ0v) is 20.5. The third-order valence-electron chi connectivity index (χ3n) is 5.45. The number of ether oxygens (including phenoxy) is 1. The van der Waals surface area contributed by atoms with E-state index < -0.39 is 29.6 Å². The van der Waals surface area contributed by atoms with Gasteiger partial charge in [-0.15, -0.1) is 0 Å². The van der Waals surface area contributed by atoms with Gasteiger partial charge in [-0.2, -0.15) is 18.3 Å². The summed E-state index contributed by atoms with van der Waals surface area (Å²) >= 11 is 0. The molecule has 1 atom stereocenters. The van der Waals surface area contributed by atoms with Gasteiger partial charge in [0.25, 0.3) is 5.91 Å². The van der Waals surface area contributed by atoms with Crippen LogP contribution in [0.25, 0.3) is 28.2 Å². The number of carbonyl (C=O) groups excluding carboxylic acids is 2. The molecular formula is C26H24F3N5O3. The van der Waals surface area contributed by atoms with E-state index in [4.69, 9.17) is 4.98 Å². The Kier molecular flexibility index (Phi) is 6.72. The highest BCUT2D eigenvalue weighted by molar-refractivity contribution is 5.96. The van der Waals surface area contributed by atoms with Crippen molar-refractivity contribution < 1.29 is 27.5 Å². The van der Waals surface area contributed by atoms with Gasteiger partial charge in [0.15, 0.2) is 11.8 Å². The van der Waals surface area contributed by atoms with Crippen LogP contribution in [-0.4, -0.2) is 43.7 Å². The van der Waals surface area contributed by atoms with Gasteiger partial charge in [-0.25, -0.2) is 19.3 Å². The fourth-order valence-corrected chi connectivity index (χ4v) is 3.78. The number of rotatable bonds is 5. The molecule has 0 aliphatic carbocycles. The van der Waals surface area contributed by atoms with E-state index in [1.165, 1.54) is 27.0 Å². The molecule has 0 spiro atoms. The molecule has 3 aromatic heterocycles. The van der Waals surface area contributed by atoms with Crippen LogP contribution in [0.5, 0.6) is 0 Å². The van der Waals surface area contributed by atoms with Crippen LogP contribution in [0, 0.1) is 12.3 Å². The number of halogens is 3. The Morgan fingerprint density at radius 1 is 1.00 bits per heavy atom. The molecule has 3 heterocycles. The highest BCUT2D eigenvalue weighted by atomic mass is 19.4. The van der Waals surface area contributed by atoms with Crippen molar-refractivity contribution in [1.82, 2.24) is 19.6 Å². The van der Waals surface area contributed by atoms with Gasteiger partial charge in [-0.1, -0.05) is 44.5 Å². The summed E-state index contributed by atoms with van der Waals surface area (Å²) in [6.45, 7) is 6.43. The Bertz CT molecular complexity index is 1470. The van der Waals surface area contributed by atoms with Gasteiger partial charge in [0, 0.05) is 28.9 Å². The Labute approximate surface area is 210 Å². The van der Waals surface area contributed by atoms with Crippen LogP contribution >= 0.6 is 0 Å². The largest absolute Gasteiger partial charge is 0.490 e. The number of esters is 1. The Morgan fingerprint density at radius 2 is 1.76 bits per heavy atom. The normalized spacial score (nSPS) is 12.8. The summed E-state index contributed by atoms with van der Waals surface area (Å²) in [6, 6.07) is 14.6. The van der Waals surface area contributed by atoms with E-state index in [2.05, 4.69) is 20.1 Å². The molecular weight excluding hydrogens is 487 g/mol. The number of nitrogens with one attached hydrogen (secondary N) is 1. The summed E-state index contributed by atoms with van der Waals surface area (Å²) in [4.78, 5) is 33.3. The van der Waals surface area contributed by atoms with Crippen molar-refractivity contribution in [1.29, 1.82) is 0 Å². The number of carbonyl (C=O) groups is 2. The second kappa shape index (κ2) is 9.64. The Hall–Kier alpha value is -4.28. The zero-order valence-electron chi connectivity index (χ0n) is 20.5. The molecule has 0 fully saturated rings. The Balaban J connectivity index is 1.72. The molecule has 4 rings (SSSR count). The first-order valence-electron chi connectivity index (χ1n) is 11.3. The third-order valence-corrected chi connectivity index (χ3v) is 5.45. The van der Waals surface area contributed by atoms with E-state index in [0.717, 1.165) is 11.1 Å². The maximum absolute atomic E-state index is 12.9. The first-order chi connectivity index (χ1) is 17.3. The lowest BCUT2D eigenvalue weighted by Gasteiger charge is -2.29. The first kappa shape index (κ1) is 25.8. The van der Waals surface area contributed by atoms with Crippen LogP contribution in [0.3, 0.4) is 0 Å². The van der Waals surface area contributed by atoms with Gasteiger partial charge in [0.2, 0.25) is 0 Å². The maximum atomic E-state index is 12.9. The van der Waals surface area contributed by atoms with Crippen LogP contribution in [0.2, 0.25) is 0 Å². The van der Waals surface area contributed by atoms with Crippen LogP contribution in [0.1, 0.15) is 26.3 Å². The minimum atomic E-state index is -5.23. The monoisotopic (exact) mass is 511 g/mol. The summed E-state index contributed by atoms with van der Waals surface area (Å²) in [5, 5.41) is 6.89. The second-order valence-electron chi connectivity index (χ2n) is 9.54. The Morgan fingerprint density at radius 3 is 2.43 bits per heavy atom. The molecule has 0 saturated heterocycles. The van der Waals surface area contributed by atoms with Gasteiger partial charge in [-0.3, -0.25) is 4.79 Å². The van der Waals surface area contributed by atoms with Crippen molar-refractivity contribution in [3.63, 3.8) is 0 Å². The molecule has 1 unspecified atom stereocenters. The summed E-state index contributed by atoms with van der Waals surface area (Å²) < 4.78 is 44.6. The molecule has 1 N–H and O–H groups in total. The summed E-state index contributed by atoms with van der Waals surface area (Å²) in [7, 11) is 0. The number of anilines is 1. The van der Waals surface area contributed by atoms with Gasteiger partial charge in [0.05, 0.1) is 5.69 Å². The zero-order chi connectivity index (χ0) is 27.0. The number of hydrogen-bond acceptors (Lipinski definition) is 6. The van der Waals surface area contributed by atoms with Crippen molar-refractivity contribution in [3.8, 4) is 22.5 Å². The number of pyridine rings is 1. The summed E-state index contributed by atoms with van der Waals surface area (Å²) in [5.74, 6) is -3.32. The molecule has 0 aliphatic rings. The van der Waals surface area contributed by atoms with E-state index in [0.29, 0.717) is 22.6 Å². The average molecular weight is 512 g/mol. The van der Waals surface area contributed by atoms with Crippen molar-refractivity contribution >= 4 is 23.3 Å². The van der Waals surface area contributed by atoms with E-state index in [9.17, 15) is 22.8 Å². The van der Waals surface area contributed by atoms with Crippen molar-refractivity contribution in [2.75, 3.05) is 5.32 Å². The van der Waals surface area contributed by atoms with E-state index >= 15 is 0 Å². The fourth-order valence-electron chi connectivity index (χ4n) is 3.78. The average Bonchev–Trinajstić information content (AvgIpc) is 3.21. The second-order valence-corrected chi connectivity index (χ2v) is 9.54.